The molecule has 1 amide bonds. The van der Waals surface area contributed by atoms with Gasteiger partial charge in [-0.25, -0.2) is 8.42 Å². The van der Waals surface area contributed by atoms with Gasteiger partial charge in [0.05, 0.1) is 22.5 Å². The molecule has 0 aromatic rings. The standard InChI is InChI=1S/C12H22N2O3S/c1-11(6-7-18(16,17)8-11)14-10(15)12(2)5-3-4-9(12)13/h9H,3-8,13H2,1-2H3,(H,14,15). The van der Waals surface area contributed by atoms with Crippen LogP contribution in [0.1, 0.15) is 39.5 Å². The molecule has 1 aliphatic heterocycles. The van der Waals surface area contributed by atoms with Crippen LogP contribution in [-0.2, 0) is 14.6 Å². The molecule has 0 bridgehead atoms. The predicted octanol–water partition coefficient (Wildman–Crippen LogP) is 0.197. The molecular formula is C12H22N2O3S. The third-order valence-electron chi connectivity index (χ3n) is 4.47. The number of rotatable bonds is 2. The van der Waals surface area contributed by atoms with E-state index in [-0.39, 0.29) is 23.5 Å². The van der Waals surface area contributed by atoms with E-state index in [1.54, 1.807) is 6.92 Å². The Kier molecular flexibility index (Phi) is 3.22. The molecule has 104 valence electrons. The quantitative estimate of drug-likeness (QED) is 0.752. The van der Waals surface area contributed by atoms with E-state index in [1.807, 2.05) is 6.92 Å². The van der Waals surface area contributed by atoms with Crippen LogP contribution in [0.4, 0.5) is 0 Å². The topological polar surface area (TPSA) is 89.3 Å². The van der Waals surface area contributed by atoms with Crippen LogP contribution in [0.15, 0.2) is 0 Å². The van der Waals surface area contributed by atoms with Gasteiger partial charge in [-0.15, -0.1) is 0 Å². The van der Waals surface area contributed by atoms with Gasteiger partial charge < -0.3 is 11.1 Å². The highest BCUT2D eigenvalue weighted by molar-refractivity contribution is 7.91. The lowest BCUT2D eigenvalue weighted by Crippen LogP contribution is -2.55. The highest BCUT2D eigenvalue weighted by Gasteiger charge is 2.47. The van der Waals surface area contributed by atoms with E-state index in [4.69, 9.17) is 5.73 Å². The molecule has 0 aromatic carbocycles. The first kappa shape index (κ1) is 13.8. The molecule has 1 saturated heterocycles. The van der Waals surface area contributed by atoms with Crippen LogP contribution in [0.3, 0.4) is 0 Å². The zero-order valence-electron chi connectivity index (χ0n) is 11.0. The summed E-state index contributed by atoms with van der Waals surface area (Å²) in [5.74, 6) is 0.107. The van der Waals surface area contributed by atoms with Crippen molar-refractivity contribution in [2.24, 2.45) is 11.1 Å². The molecule has 2 fully saturated rings. The monoisotopic (exact) mass is 274 g/mol. The number of sulfone groups is 1. The lowest BCUT2D eigenvalue weighted by Gasteiger charge is -2.33. The van der Waals surface area contributed by atoms with Gasteiger partial charge in [-0.2, -0.15) is 0 Å². The highest BCUT2D eigenvalue weighted by Crippen LogP contribution is 2.37. The number of nitrogens with one attached hydrogen (secondary N) is 1. The van der Waals surface area contributed by atoms with E-state index in [0.717, 1.165) is 19.3 Å². The summed E-state index contributed by atoms with van der Waals surface area (Å²) >= 11 is 0. The Morgan fingerprint density at radius 3 is 2.44 bits per heavy atom. The Bertz CT molecular complexity index is 462. The Labute approximate surface area is 108 Å². The van der Waals surface area contributed by atoms with Gasteiger partial charge in [-0.1, -0.05) is 6.42 Å². The van der Waals surface area contributed by atoms with E-state index in [0.29, 0.717) is 6.42 Å². The number of hydrogen-bond donors (Lipinski definition) is 2. The lowest BCUT2D eigenvalue weighted by molar-refractivity contribution is -0.132. The molecule has 3 atom stereocenters. The normalized spacial score (nSPS) is 42.9. The van der Waals surface area contributed by atoms with Crippen LogP contribution < -0.4 is 11.1 Å². The zero-order valence-corrected chi connectivity index (χ0v) is 11.8. The van der Waals surface area contributed by atoms with Gasteiger partial charge in [-0.3, -0.25) is 4.79 Å². The first-order valence-electron chi connectivity index (χ1n) is 6.46. The maximum atomic E-state index is 12.4. The molecule has 18 heavy (non-hydrogen) atoms. The molecule has 2 aliphatic rings. The van der Waals surface area contributed by atoms with Gasteiger partial charge in [0, 0.05) is 6.04 Å². The molecule has 6 heteroatoms. The highest BCUT2D eigenvalue weighted by atomic mass is 32.2. The molecule has 1 aliphatic carbocycles. The molecular weight excluding hydrogens is 252 g/mol. The van der Waals surface area contributed by atoms with Crippen LogP contribution in [0, 0.1) is 5.41 Å². The minimum Gasteiger partial charge on any atom is -0.349 e. The molecule has 1 saturated carbocycles. The van der Waals surface area contributed by atoms with E-state index >= 15 is 0 Å². The minimum atomic E-state index is -3.00. The fourth-order valence-corrected chi connectivity index (χ4v) is 5.09. The Morgan fingerprint density at radius 2 is 2.00 bits per heavy atom. The van der Waals surface area contributed by atoms with Crippen molar-refractivity contribution in [3.05, 3.63) is 0 Å². The number of carbonyl (C=O) groups is 1. The average molecular weight is 274 g/mol. The predicted molar refractivity (Wildman–Crippen MR) is 69.8 cm³/mol. The Morgan fingerprint density at radius 1 is 1.33 bits per heavy atom. The van der Waals surface area contributed by atoms with Gasteiger partial charge >= 0.3 is 0 Å². The SMILES string of the molecule is CC1(NC(=O)C2(C)CCCC2N)CCS(=O)(=O)C1. The van der Waals surface area contributed by atoms with Crippen LogP contribution >= 0.6 is 0 Å². The van der Waals surface area contributed by atoms with Crippen molar-refractivity contribution in [3.63, 3.8) is 0 Å². The van der Waals surface area contributed by atoms with Crippen LogP contribution in [0.2, 0.25) is 0 Å². The Balaban J connectivity index is 2.08. The van der Waals surface area contributed by atoms with E-state index in [1.165, 1.54) is 0 Å². The summed E-state index contributed by atoms with van der Waals surface area (Å²) in [5, 5.41) is 2.93. The average Bonchev–Trinajstić information content (AvgIpc) is 2.70. The van der Waals surface area contributed by atoms with Gasteiger partial charge in [0.1, 0.15) is 0 Å². The van der Waals surface area contributed by atoms with Crippen LogP contribution in [0.25, 0.3) is 0 Å². The Hall–Kier alpha value is -0.620. The minimum absolute atomic E-state index is 0.0387. The second-order valence-corrected chi connectivity index (χ2v) is 8.46. The van der Waals surface area contributed by atoms with Crippen molar-refractivity contribution < 1.29 is 13.2 Å². The van der Waals surface area contributed by atoms with Crippen LogP contribution in [-0.4, -0.2) is 37.4 Å². The van der Waals surface area contributed by atoms with Crippen molar-refractivity contribution >= 4 is 15.7 Å². The number of amides is 1. The van der Waals surface area contributed by atoms with E-state index in [9.17, 15) is 13.2 Å². The number of carbonyl (C=O) groups excluding carboxylic acids is 1. The molecule has 3 N–H and O–H groups in total. The second-order valence-electron chi connectivity index (χ2n) is 6.27. The van der Waals surface area contributed by atoms with Gasteiger partial charge in [-0.05, 0) is 33.1 Å². The second kappa shape index (κ2) is 4.20. The third kappa shape index (κ3) is 2.40. The summed E-state index contributed by atoms with van der Waals surface area (Å²) < 4.78 is 23.0. The van der Waals surface area contributed by atoms with Crippen molar-refractivity contribution in [1.82, 2.24) is 5.32 Å². The van der Waals surface area contributed by atoms with Gasteiger partial charge in [0.25, 0.3) is 0 Å². The fraction of sp³-hybridized carbons (Fsp3) is 0.917. The van der Waals surface area contributed by atoms with Crippen LogP contribution in [0.5, 0.6) is 0 Å². The van der Waals surface area contributed by atoms with Crippen molar-refractivity contribution in [2.75, 3.05) is 11.5 Å². The molecule has 3 unspecified atom stereocenters. The first-order chi connectivity index (χ1) is 8.17. The van der Waals surface area contributed by atoms with E-state index in [2.05, 4.69) is 5.32 Å². The molecule has 2 rings (SSSR count). The molecule has 1 heterocycles. The molecule has 0 aromatic heterocycles. The molecule has 5 nitrogen and oxygen atoms in total. The lowest BCUT2D eigenvalue weighted by atomic mass is 9.83. The summed E-state index contributed by atoms with van der Waals surface area (Å²) in [7, 11) is -3.00. The molecule has 0 radical (unpaired) electrons. The van der Waals surface area contributed by atoms with Crippen molar-refractivity contribution in [1.29, 1.82) is 0 Å². The van der Waals surface area contributed by atoms with Gasteiger partial charge in [0.2, 0.25) is 5.91 Å². The smallest absolute Gasteiger partial charge is 0.227 e. The number of hydrogen-bond acceptors (Lipinski definition) is 4. The summed E-state index contributed by atoms with van der Waals surface area (Å²) in [6, 6.07) is -0.126. The first-order valence-corrected chi connectivity index (χ1v) is 8.28. The maximum Gasteiger partial charge on any atom is 0.227 e. The summed E-state index contributed by atoms with van der Waals surface area (Å²) in [6.45, 7) is 3.69. The summed E-state index contributed by atoms with van der Waals surface area (Å²) in [6.07, 6.45) is 3.09. The van der Waals surface area contributed by atoms with Crippen molar-refractivity contribution in [2.45, 2.75) is 51.1 Å². The summed E-state index contributed by atoms with van der Waals surface area (Å²) in [5.41, 5.74) is 4.84. The van der Waals surface area contributed by atoms with E-state index < -0.39 is 20.8 Å². The maximum absolute atomic E-state index is 12.4. The largest absolute Gasteiger partial charge is 0.349 e. The number of nitrogens with two attached hydrogens (primary N) is 1. The molecule has 0 spiro atoms. The van der Waals surface area contributed by atoms with Crippen molar-refractivity contribution in [3.8, 4) is 0 Å². The van der Waals surface area contributed by atoms with Gasteiger partial charge in [0.15, 0.2) is 9.84 Å². The third-order valence-corrected chi connectivity index (χ3v) is 6.37. The zero-order chi connectivity index (χ0) is 13.6. The summed E-state index contributed by atoms with van der Waals surface area (Å²) in [4.78, 5) is 12.4. The fourth-order valence-electron chi connectivity index (χ4n) is 3.00.